The molecule has 1 rings (SSSR count). The lowest BCUT2D eigenvalue weighted by Crippen LogP contribution is -2.29. The van der Waals surface area contributed by atoms with Crippen LogP contribution in [0.3, 0.4) is 0 Å². The van der Waals surface area contributed by atoms with E-state index in [-0.39, 0.29) is 17.3 Å². The van der Waals surface area contributed by atoms with Gasteiger partial charge in [0.2, 0.25) is 0 Å². The van der Waals surface area contributed by atoms with E-state index in [1.54, 1.807) is 18.9 Å². The Hall–Kier alpha value is -1.47. The number of carboxylic acid groups (broad SMARTS) is 2. The van der Waals surface area contributed by atoms with Gasteiger partial charge in [-0.1, -0.05) is 6.92 Å². The molecule has 6 nitrogen and oxygen atoms in total. The van der Waals surface area contributed by atoms with Crippen molar-refractivity contribution >= 4 is 23.3 Å². The Balaban J connectivity index is 2.72. The van der Waals surface area contributed by atoms with Crippen LogP contribution in [0.5, 0.6) is 0 Å². The third-order valence-electron chi connectivity index (χ3n) is 2.42. The number of nitrogens with zero attached hydrogens (tertiary/aromatic N) is 2. The zero-order valence-corrected chi connectivity index (χ0v) is 11.3. The maximum atomic E-state index is 10.9. The SMILES string of the molecule is Cc1nc(C(C)CN(C)CC(=O)O)sc1C(=O)O. The number of hydrogen-bond acceptors (Lipinski definition) is 5. The van der Waals surface area contributed by atoms with Crippen molar-refractivity contribution in [3.05, 3.63) is 15.6 Å². The predicted octanol–water partition coefficient (Wildman–Crippen LogP) is 1.27. The molecular formula is C11H16N2O4S. The topological polar surface area (TPSA) is 90.7 Å². The van der Waals surface area contributed by atoms with Crippen LogP contribution in [0.4, 0.5) is 0 Å². The van der Waals surface area contributed by atoms with Gasteiger partial charge >= 0.3 is 11.9 Å². The van der Waals surface area contributed by atoms with E-state index in [1.807, 2.05) is 6.92 Å². The molecule has 0 aliphatic rings. The minimum absolute atomic E-state index is 0.00569. The van der Waals surface area contributed by atoms with E-state index in [0.29, 0.717) is 12.2 Å². The van der Waals surface area contributed by atoms with Crippen LogP contribution in [-0.2, 0) is 4.79 Å². The summed E-state index contributed by atoms with van der Waals surface area (Å²) in [7, 11) is 1.71. The molecule has 0 aliphatic carbocycles. The zero-order chi connectivity index (χ0) is 13.9. The van der Waals surface area contributed by atoms with Crippen LogP contribution in [-0.4, -0.2) is 52.2 Å². The van der Waals surface area contributed by atoms with Crippen LogP contribution in [0.25, 0.3) is 0 Å². The largest absolute Gasteiger partial charge is 0.480 e. The van der Waals surface area contributed by atoms with Crippen molar-refractivity contribution in [3.8, 4) is 0 Å². The molecule has 1 unspecified atom stereocenters. The van der Waals surface area contributed by atoms with E-state index in [1.165, 1.54) is 0 Å². The molecular weight excluding hydrogens is 256 g/mol. The predicted molar refractivity (Wildman–Crippen MR) is 67.4 cm³/mol. The fourth-order valence-electron chi connectivity index (χ4n) is 1.67. The van der Waals surface area contributed by atoms with Crippen LogP contribution in [0.1, 0.15) is 33.2 Å². The molecule has 0 saturated heterocycles. The van der Waals surface area contributed by atoms with Crippen LogP contribution >= 0.6 is 11.3 Å². The number of likely N-dealkylation sites (N-methyl/N-ethyl adjacent to an activating group) is 1. The Labute approximate surface area is 109 Å². The smallest absolute Gasteiger partial charge is 0.347 e. The normalized spacial score (nSPS) is 12.7. The molecule has 100 valence electrons. The Kier molecular flexibility index (Phi) is 4.80. The summed E-state index contributed by atoms with van der Waals surface area (Å²) in [5.74, 6) is -1.85. The first kappa shape index (κ1) is 14.6. The molecule has 0 fully saturated rings. The van der Waals surface area contributed by atoms with Gasteiger partial charge in [0.25, 0.3) is 0 Å². The maximum absolute atomic E-state index is 10.9. The van der Waals surface area contributed by atoms with Crippen LogP contribution in [0.15, 0.2) is 0 Å². The van der Waals surface area contributed by atoms with Gasteiger partial charge in [0, 0.05) is 12.5 Å². The van der Waals surface area contributed by atoms with Crippen molar-refractivity contribution in [2.24, 2.45) is 0 Å². The zero-order valence-electron chi connectivity index (χ0n) is 10.5. The van der Waals surface area contributed by atoms with Crippen molar-refractivity contribution in [2.75, 3.05) is 20.1 Å². The fourth-order valence-corrected chi connectivity index (χ4v) is 2.62. The molecule has 0 aromatic carbocycles. The Morgan fingerprint density at radius 2 is 2.06 bits per heavy atom. The summed E-state index contributed by atoms with van der Waals surface area (Å²) < 4.78 is 0. The van der Waals surface area contributed by atoms with E-state index >= 15 is 0 Å². The van der Waals surface area contributed by atoms with Gasteiger partial charge in [-0.05, 0) is 14.0 Å². The van der Waals surface area contributed by atoms with Crippen molar-refractivity contribution in [3.63, 3.8) is 0 Å². The molecule has 2 N–H and O–H groups in total. The molecule has 0 radical (unpaired) electrons. The van der Waals surface area contributed by atoms with Gasteiger partial charge < -0.3 is 10.2 Å². The second kappa shape index (κ2) is 5.92. The minimum atomic E-state index is -0.970. The Morgan fingerprint density at radius 1 is 1.44 bits per heavy atom. The third-order valence-corrected chi connectivity index (χ3v) is 3.80. The number of thiazole rings is 1. The van der Waals surface area contributed by atoms with Crippen LogP contribution < -0.4 is 0 Å². The number of rotatable bonds is 6. The molecule has 1 aromatic rings. The number of carboxylic acids is 2. The quantitative estimate of drug-likeness (QED) is 0.810. The molecule has 1 aromatic heterocycles. The molecule has 0 spiro atoms. The standard InChI is InChI=1S/C11H16N2O4S/c1-6(4-13(3)5-8(14)15)10-12-7(2)9(18-10)11(16)17/h6H,4-5H2,1-3H3,(H,14,15)(H,16,17). The highest BCUT2D eigenvalue weighted by atomic mass is 32.1. The number of carbonyl (C=O) groups is 2. The average molecular weight is 272 g/mol. The van der Waals surface area contributed by atoms with Crippen LogP contribution in [0.2, 0.25) is 0 Å². The number of aliphatic carboxylic acids is 1. The van der Waals surface area contributed by atoms with Gasteiger partial charge in [0.15, 0.2) is 0 Å². The number of hydrogen-bond donors (Lipinski definition) is 2. The van der Waals surface area contributed by atoms with Gasteiger partial charge in [0.05, 0.1) is 17.2 Å². The second-order valence-corrected chi connectivity index (χ2v) is 5.29. The third kappa shape index (κ3) is 3.78. The molecule has 0 saturated carbocycles. The lowest BCUT2D eigenvalue weighted by molar-refractivity contribution is -0.138. The van der Waals surface area contributed by atoms with Crippen molar-refractivity contribution in [1.82, 2.24) is 9.88 Å². The first-order valence-corrected chi connectivity index (χ1v) is 6.23. The van der Waals surface area contributed by atoms with Gasteiger partial charge in [0.1, 0.15) is 4.88 Å². The summed E-state index contributed by atoms with van der Waals surface area (Å²) in [6.45, 7) is 4.05. The molecule has 18 heavy (non-hydrogen) atoms. The monoisotopic (exact) mass is 272 g/mol. The molecule has 1 atom stereocenters. The fraction of sp³-hybridized carbons (Fsp3) is 0.545. The highest BCUT2D eigenvalue weighted by Gasteiger charge is 2.19. The van der Waals surface area contributed by atoms with Crippen LogP contribution in [0, 0.1) is 6.92 Å². The molecule has 0 aliphatic heterocycles. The van der Waals surface area contributed by atoms with Crippen molar-refractivity contribution in [2.45, 2.75) is 19.8 Å². The van der Waals surface area contributed by atoms with Gasteiger partial charge in [-0.2, -0.15) is 0 Å². The maximum Gasteiger partial charge on any atom is 0.347 e. The van der Waals surface area contributed by atoms with Gasteiger partial charge in [-0.15, -0.1) is 11.3 Å². The number of aromatic carboxylic acids is 1. The summed E-state index contributed by atoms with van der Waals surface area (Å²) in [4.78, 5) is 27.6. The van der Waals surface area contributed by atoms with E-state index < -0.39 is 11.9 Å². The lowest BCUT2D eigenvalue weighted by Gasteiger charge is -2.17. The highest BCUT2D eigenvalue weighted by Crippen LogP contribution is 2.25. The van der Waals surface area contributed by atoms with Gasteiger partial charge in [-0.25, -0.2) is 9.78 Å². The Morgan fingerprint density at radius 3 is 2.50 bits per heavy atom. The van der Waals surface area contributed by atoms with Crippen molar-refractivity contribution < 1.29 is 19.8 Å². The van der Waals surface area contributed by atoms with E-state index in [9.17, 15) is 9.59 Å². The summed E-state index contributed by atoms with van der Waals surface area (Å²) in [6.07, 6.45) is 0. The molecule has 7 heteroatoms. The van der Waals surface area contributed by atoms with E-state index in [0.717, 1.165) is 16.3 Å². The summed E-state index contributed by atoms with van der Waals surface area (Å²) in [5, 5.41) is 18.3. The number of aromatic nitrogens is 1. The first-order chi connectivity index (χ1) is 8.31. The second-order valence-electron chi connectivity index (χ2n) is 4.26. The van der Waals surface area contributed by atoms with E-state index in [4.69, 9.17) is 10.2 Å². The van der Waals surface area contributed by atoms with Gasteiger partial charge in [-0.3, -0.25) is 9.69 Å². The Bertz CT molecular complexity index is 458. The molecule has 0 bridgehead atoms. The minimum Gasteiger partial charge on any atom is -0.480 e. The first-order valence-electron chi connectivity index (χ1n) is 5.42. The summed E-state index contributed by atoms with van der Waals surface area (Å²) in [6, 6.07) is 0. The van der Waals surface area contributed by atoms with E-state index in [2.05, 4.69) is 4.98 Å². The summed E-state index contributed by atoms with van der Waals surface area (Å²) in [5.41, 5.74) is 0.509. The molecule has 0 amide bonds. The van der Waals surface area contributed by atoms with Crippen molar-refractivity contribution in [1.29, 1.82) is 0 Å². The molecule has 1 heterocycles. The lowest BCUT2D eigenvalue weighted by atomic mass is 10.2. The summed E-state index contributed by atoms with van der Waals surface area (Å²) >= 11 is 1.15. The average Bonchev–Trinajstić information content (AvgIpc) is 2.58. The number of aryl methyl sites for hydroxylation is 1. The highest BCUT2D eigenvalue weighted by molar-refractivity contribution is 7.13.